The fourth-order valence-corrected chi connectivity index (χ4v) is 7.23. The fourth-order valence-electron chi connectivity index (χ4n) is 5.80. The van der Waals surface area contributed by atoms with E-state index in [4.69, 9.17) is 5.73 Å². The van der Waals surface area contributed by atoms with Crippen molar-refractivity contribution in [2.75, 3.05) is 11.9 Å². The Bertz CT molecular complexity index is 998. The molecule has 1 aromatic heterocycles. The highest BCUT2D eigenvalue weighted by Crippen LogP contribution is 2.60. The summed E-state index contributed by atoms with van der Waals surface area (Å²) in [6.07, 6.45) is 4.72. The van der Waals surface area contributed by atoms with Gasteiger partial charge in [0.05, 0.1) is 11.0 Å². The maximum absolute atomic E-state index is 13.1. The molecule has 4 rings (SSSR count). The summed E-state index contributed by atoms with van der Waals surface area (Å²) in [7, 11) is 0. The molecule has 2 bridgehead atoms. The zero-order valence-corrected chi connectivity index (χ0v) is 20.2. The van der Waals surface area contributed by atoms with Crippen molar-refractivity contribution in [3.05, 3.63) is 16.0 Å². The number of rotatable bonds is 6. The minimum Gasteiger partial charge on any atom is -0.365 e. The third-order valence-corrected chi connectivity index (χ3v) is 9.47. The molecule has 2 fully saturated rings. The van der Waals surface area contributed by atoms with Gasteiger partial charge in [0.2, 0.25) is 17.7 Å². The molecule has 3 N–H and O–H groups in total. The molecule has 1 saturated carbocycles. The Kier molecular flexibility index (Phi) is 5.72. The van der Waals surface area contributed by atoms with Gasteiger partial charge in [0, 0.05) is 23.8 Å². The summed E-state index contributed by atoms with van der Waals surface area (Å²) in [4.78, 5) is 53.2. The highest BCUT2D eigenvalue weighted by molar-refractivity contribution is 7.17. The van der Waals surface area contributed by atoms with Crippen LogP contribution in [0.1, 0.15) is 80.6 Å². The molecular formula is C24H33N3O4S. The molecule has 4 amide bonds. The fraction of sp³-hybridized carbons (Fsp3) is 0.667. The zero-order chi connectivity index (χ0) is 23.4. The van der Waals surface area contributed by atoms with Crippen molar-refractivity contribution < 1.29 is 19.2 Å². The summed E-state index contributed by atoms with van der Waals surface area (Å²) in [5.74, 6) is -0.554. The Morgan fingerprint density at radius 1 is 1.22 bits per heavy atom. The standard InChI is InChI=1S/C24H33N3O4S/c1-13-7-8-14-16(12-13)32-20(18(14)19(25)29)26-17(28)6-5-11-27-21(30)15-9-10-24(4,22(27)31)23(15,2)3/h13,15H,5-12H2,1-4H3,(H2,25,29)(H,26,28). The van der Waals surface area contributed by atoms with Crippen LogP contribution in [-0.2, 0) is 27.2 Å². The van der Waals surface area contributed by atoms with E-state index in [1.165, 1.54) is 16.2 Å². The maximum Gasteiger partial charge on any atom is 0.251 e. The molecule has 7 nitrogen and oxygen atoms in total. The van der Waals surface area contributed by atoms with Gasteiger partial charge in [-0.2, -0.15) is 0 Å². The van der Waals surface area contributed by atoms with Gasteiger partial charge in [0.15, 0.2) is 0 Å². The predicted molar refractivity (Wildman–Crippen MR) is 123 cm³/mol. The number of carbonyl (C=O) groups is 4. The molecule has 0 aromatic carbocycles. The number of carbonyl (C=O) groups excluding carboxylic acids is 4. The van der Waals surface area contributed by atoms with Crippen LogP contribution >= 0.6 is 11.3 Å². The van der Waals surface area contributed by atoms with Crippen molar-refractivity contribution in [1.29, 1.82) is 0 Å². The van der Waals surface area contributed by atoms with Crippen LogP contribution in [0.3, 0.4) is 0 Å². The van der Waals surface area contributed by atoms with E-state index in [-0.39, 0.29) is 42.0 Å². The van der Waals surface area contributed by atoms with Crippen LogP contribution in [0, 0.1) is 22.7 Å². The maximum atomic E-state index is 13.1. The summed E-state index contributed by atoms with van der Waals surface area (Å²) in [6.45, 7) is 8.42. The number of anilines is 1. The molecule has 1 aliphatic heterocycles. The average molecular weight is 460 g/mol. The van der Waals surface area contributed by atoms with E-state index < -0.39 is 11.3 Å². The van der Waals surface area contributed by atoms with Crippen LogP contribution in [0.2, 0.25) is 0 Å². The normalized spacial score (nSPS) is 28.6. The third kappa shape index (κ3) is 3.47. The van der Waals surface area contributed by atoms with Gasteiger partial charge in [-0.3, -0.25) is 24.1 Å². The summed E-state index contributed by atoms with van der Waals surface area (Å²) in [5, 5.41) is 3.39. The number of nitrogens with two attached hydrogens (primary N) is 1. The van der Waals surface area contributed by atoms with E-state index in [0.717, 1.165) is 42.5 Å². The molecule has 8 heteroatoms. The van der Waals surface area contributed by atoms with E-state index in [2.05, 4.69) is 12.2 Å². The number of thiophene rings is 1. The molecule has 3 unspecified atom stereocenters. The highest BCUT2D eigenvalue weighted by atomic mass is 32.1. The second kappa shape index (κ2) is 7.97. The first-order chi connectivity index (χ1) is 15.0. The lowest BCUT2D eigenvalue weighted by molar-refractivity contribution is -0.168. The highest BCUT2D eigenvalue weighted by Gasteiger charge is 2.64. The first-order valence-corrected chi connectivity index (χ1v) is 12.4. The van der Waals surface area contributed by atoms with Gasteiger partial charge in [-0.15, -0.1) is 11.3 Å². The van der Waals surface area contributed by atoms with Gasteiger partial charge in [-0.1, -0.05) is 27.7 Å². The Labute approximate surface area is 193 Å². The Balaban J connectivity index is 1.39. The number of primary amides is 1. The predicted octanol–water partition coefficient (Wildman–Crippen LogP) is 3.50. The topological polar surface area (TPSA) is 110 Å². The van der Waals surface area contributed by atoms with Gasteiger partial charge in [0.25, 0.3) is 5.91 Å². The van der Waals surface area contributed by atoms with Gasteiger partial charge in [-0.05, 0) is 55.4 Å². The van der Waals surface area contributed by atoms with E-state index >= 15 is 0 Å². The average Bonchev–Trinajstić information content (AvgIpc) is 3.14. The molecule has 174 valence electrons. The number of likely N-dealkylation sites (tertiary alicyclic amines) is 1. The van der Waals surface area contributed by atoms with Crippen molar-refractivity contribution in [2.24, 2.45) is 28.4 Å². The van der Waals surface area contributed by atoms with Crippen molar-refractivity contribution in [1.82, 2.24) is 4.90 Å². The van der Waals surface area contributed by atoms with Gasteiger partial charge in [0.1, 0.15) is 5.00 Å². The molecule has 1 aromatic rings. The number of fused-ring (bicyclic) bond motifs is 3. The van der Waals surface area contributed by atoms with Crippen molar-refractivity contribution >= 4 is 40.0 Å². The monoisotopic (exact) mass is 459 g/mol. The van der Waals surface area contributed by atoms with Crippen molar-refractivity contribution in [2.45, 2.75) is 72.6 Å². The summed E-state index contributed by atoms with van der Waals surface area (Å²) < 4.78 is 0. The Hall–Kier alpha value is -2.22. The van der Waals surface area contributed by atoms with E-state index in [1.54, 1.807) is 0 Å². The number of imide groups is 1. The van der Waals surface area contributed by atoms with Gasteiger partial charge < -0.3 is 11.1 Å². The molecule has 32 heavy (non-hydrogen) atoms. The molecule has 2 aliphatic carbocycles. The van der Waals surface area contributed by atoms with Gasteiger partial charge in [-0.25, -0.2) is 0 Å². The molecule has 0 radical (unpaired) electrons. The van der Waals surface area contributed by atoms with Crippen LogP contribution in [0.25, 0.3) is 0 Å². The number of hydrogen-bond donors (Lipinski definition) is 2. The Morgan fingerprint density at radius 3 is 2.62 bits per heavy atom. The van der Waals surface area contributed by atoms with Crippen LogP contribution in [0.4, 0.5) is 5.00 Å². The lowest BCUT2D eigenvalue weighted by Crippen LogP contribution is -2.59. The second-order valence-corrected chi connectivity index (χ2v) is 11.6. The summed E-state index contributed by atoms with van der Waals surface area (Å²) >= 11 is 1.44. The Morgan fingerprint density at radius 2 is 1.94 bits per heavy atom. The minimum atomic E-state index is -0.530. The van der Waals surface area contributed by atoms with Crippen molar-refractivity contribution in [3.63, 3.8) is 0 Å². The SMILES string of the molecule is CC1CCc2c(sc(NC(=O)CCCN3C(=O)C4CCC(C)(C3=O)C4(C)C)c2C(N)=O)C1. The zero-order valence-electron chi connectivity index (χ0n) is 19.4. The quantitative estimate of drug-likeness (QED) is 0.635. The largest absolute Gasteiger partial charge is 0.365 e. The number of nitrogens with one attached hydrogen (secondary N) is 1. The molecule has 2 heterocycles. The molecule has 0 spiro atoms. The summed E-state index contributed by atoms with van der Waals surface area (Å²) in [5.41, 5.74) is 6.18. The van der Waals surface area contributed by atoms with E-state index in [9.17, 15) is 19.2 Å². The number of hydrogen-bond acceptors (Lipinski definition) is 5. The first kappa shape index (κ1) is 23.0. The van der Waals surface area contributed by atoms with Crippen LogP contribution < -0.4 is 11.1 Å². The number of piperidine rings is 1. The lowest BCUT2D eigenvalue weighted by Gasteiger charge is -2.47. The molecule has 3 aliphatic rings. The summed E-state index contributed by atoms with van der Waals surface area (Å²) in [6, 6.07) is 0. The molecule has 1 saturated heterocycles. The number of nitrogens with zero attached hydrogens (tertiary/aromatic N) is 1. The van der Waals surface area contributed by atoms with Crippen molar-refractivity contribution in [3.8, 4) is 0 Å². The second-order valence-electron chi connectivity index (χ2n) is 10.5. The van der Waals surface area contributed by atoms with E-state index in [0.29, 0.717) is 22.9 Å². The van der Waals surface area contributed by atoms with Gasteiger partial charge >= 0.3 is 0 Å². The molecular weight excluding hydrogens is 426 g/mol. The smallest absolute Gasteiger partial charge is 0.251 e. The van der Waals surface area contributed by atoms with Crippen LogP contribution in [0.15, 0.2) is 0 Å². The molecule has 3 atom stereocenters. The van der Waals surface area contributed by atoms with Crippen LogP contribution in [-0.4, -0.2) is 35.1 Å². The number of amides is 4. The minimum absolute atomic E-state index is 0.105. The first-order valence-electron chi connectivity index (χ1n) is 11.6. The van der Waals surface area contributed by atoms with Crippen LogP contribution in [0.5, 0.6) is 0 Å². The lowest BCUT2D eigenvalue weighted by atomic mass is 9.62. The third-order valence-electron chi connectivity index (χ3n) is 8.30. The van der Waals surface area contributed by atoms with E-state index in [1.807, 2.05) is 20.8 Å².